The zero-order valence-electron chi connectivity index (χ0n) is 16.0. The van der Waals surface area contributed by atoms with E-state index in [2.05, 4.69) is 10.1 Å². The molecule has 0 N–H and O–H groups in total. The van der Waals surface area contributed by atoms with Crippen molar-refractivity contribution in [1.82, 2.24) is 15.0 Å². The molecule has 0 aliphatic rings. The lowest BCUT2D eigenvalue weighted by Crippen LogP contribution is -2.32. The maximum Gasteiger partial charge on any atom is 0.416 e. The minimum Gasteiger partial charge on any atom is -0.467 e. The van der Waals surface area contributed by atoms with Crippen LogP contribution in [0.1, 0.15) is 26.9 Å². The van der Waals surface area contributed by atoms with Crippen molar-refractivity contribution >= 4 is 17.2 Å². The highest BCUT2D eigenvalue weighted by atomic mass is 32.1. The van der Waals surface area contributed by atoms with Crippen molar-refractivity contribution in [2.45, 2.75) is 19.1 Å². The second-order valence-electron chi connectivity index (χ2n) is 6.62. The molecule has 0 aliphatic carbocycles. The third kappa shape index (κ3) is 5.02. The maximum atomic E-state index is 12.9. The molecular weight excluding hydrogens is 431 g/mol. The van der Waals surface area contributed by atoms with Gasteiger partial charge in [0, 0.05) is 18.5 Å². The van der Waals surface area contributed by atoms with Crippen LogP contribution in [0.15, 0.2) is 69.1 Å². The Balaban J connectivity index is 1.48. The predicted octanol–water partition coefficient (Wildman–Crippen LogP) is 5.30. The molecule has 6 nitrogen and oxygen atoms in total. The molecule has 160 valence electrons. The van der Waals surface area contributed by atoms with Crippen molar-refractivity contribution in [3.05, 3.63) is 82.3 Å². The summed E-state index contributed by atoms with van der Waals surface area (Å²) in [7, 11) is 0. The number of carbonyl (C=O) groups is 1. The number of nitrogens with zero attached hydrogens (tertiary/aromatic N) is 3. The lowest BCUT2D eigenvalue weighted by molar-refractivity contribution is -0.137. The van der Waals surface area contributed by atoms with Crippen LogP contribution in [0.25, 0.3) is 11.4 Å². The summed E-state index contributed by atoms with van der Waals surface area (Å²) < 4.78 is 49.4. The van der Waals surface area contributed by atoms with E-state index in [1.807, 2.05) is 5.38 Å². The summed E-state index contributed by atoms with van der Waals surface area (Å²) in [4.78, 5) is 19.2. The number of rotatable bonds is 7. The minimum absolute atomic E-state index is 0.0586. The van der Waals surface area contributed by atoms with Crippen LogP contribution in [0.2, 0.25) is 0 Å². The fraction of sp³-hybridized carbons (Fsp3) is 0.190. The lowest BCUT2D eigenvalue weighted by atomic mass is 10.1. The number of hydrogen-bond donors (Lipinski definition) is 0. The number of alkyl halides is 3. The molecule has 31 heavy (non-hydrogen) atoms. The maximum absolute atomic E-state index is 12.9. The molecule has 3 aromatic heterocycles. The van der Waals surface area contributed by atoms with Gasteiger partial charge in [0.2, 0.25) is 11.7 Å². The first kappa shape index (κ1) is 20.9. The molecule has 4 aromatic rings. The van der Waals surface area contributed by atoms with Crippen LogP contribution < -0.4 is 0 Å². The van der Waals surface area contributed by atoms with E-state index < -0.39 is 11.7 Å². The SMILES string of the molecule is O=C(c1cccs1)N(CCc1nc(-c2cccc(C(F)(F)F)c2)no1)Cc1ccco1. The van der Waals surface area contributed by atoms with Gasteiger partial charge in [-0.05, 0) is 35.7 Å². The van der Waals surface area contributed by atoms with Gasteiger partial charge in [0.1, 0.15) is 5.76 Å². The van der Waals surface area contributed by atoms with Gasteiger partial charge in [-0.15, -0.1) is 11.3 Å². The molecule has 0 radical (unpaired) electrons. The number of benzene rings is 1. The fourth-order valence-corrected chi connectivity index (χ4v) is 3.63. The van der Waals surface area contributed by atoms with E-state index in [1.54, 1.807) is 29.2 Å². The molecule has 0 fully saturated rings. The number of halogens is 3. The van der Waals surface area contributed by atoms with Crippen LogP contribution >= 0.6 is 11.3 Å². The first-order valence-electron chi connectivity index (χ1n) is 9.25. The van der Waals surface area contributed by atoms with Crippen LogP contribution in [0, 0.1) is 0 Å². The predicted molar refractivity (Wildman–Crippen MR) is 106 cm³/mol. The Bertz CT molecular complexity index is 1140. The Hall–Kier alpha value is -3.40. The summed E-state index contributed by atoms with van der Waals surface area (Å²) in [5.74, 6) is 0.739. The third-order valence-electron chi connectivity index (χ3n) is 4.46. The first-order chi connectivity index (χ1) is 14.9. The monoisotopic (exact) mass is 447 g/mol. The largest absolute Gasteiger partial charge is 0.467 e. The van der Waals surface area contributed by atoms with E-state index in [1.165, 1.54) is 29.7 Å². The van der Waals surface area contributed by atoms with Gasteiger partial charge >= 0.3 is 6.18 Å². The standard InChI is InChI=1S/C21H16F3N3O3S/c22-21(23,24)15-5-1-4-14(12-15)19-25-18(30-26-19)8-9-27(13-16-6-2-10-29-16)20(28)17-7-3-11-31-17/h1-7,10-12H,8-9,13H2. The highest BCUT2D eigenvalue weighted by molar-refractivity contribution is 7.12. The van der Waals surface area contributed by atoms with E-state index in [-0.39, 0.29) is 42.7 Å². The molecule has 0 saturated carbocycles. The van der Waals surface area contributed by atoms with E-state index in [0.717, 1.165) is 12.1 Å². The van der Waals surface area contributed by atoms with Gasteiger partial charge < -0.3 is 13.8 Å². The van der Waals surface area contributed by atoms with Gasteiger partial charge in [0.15, 0.2) is 0 Å². The van der Waals surface area contributed by atoms with Gasteiger partial charge in [-0.3, -0.25) is 4.79 Å². The van der Waals surface area contributed by atoms with Crippen LogP contribution in [0.5, 0.6) is 0 Å². The molecule has 4 rings (SSSR count). The molecular formula is C21H16F3N3O3S. The average molecular weight is 447 g/mol. The van der Waals surface area contributed by atoms with E-state index in [4.69, 9.17) is 8.94 Å². The number of amides is 1. The molecule has 0 bridgehead atoms. The molecule has 0 unspecified atom stereocenters. The Labute approximate surface area is 178 Å². The van der Waals surface area contributed by atoms with Crippen molar-refractivity contribution in [1.29, 1.82) is 0 Å². The Morgan fingerprint density at radius 1 is 1.13 bits per heavy atom. The summed E-state index contributed by atoms with van der Waals surface area (Å²) in [5, 5.41) is 5.60. The zero-order chi connectivity index (χ0) is 21.8. The van der Waals surface area contributed by atoms with Gasteiger partial charge in [-0.1, -0.05) is 23.4 Å². The fourth-order valence-electron chi connectivity index (χ4n) is 2.94. The summed E-state index contributed by atoms with van der Waals surface area (Å²) in [6.45, 7) is 0.528. The molecule has 0 aliphatic heterocycles. The quantitative estimate of drug-likeness (QED) is 0.385. The summed E-state index contributed by atoms with van der Waals surface area (Å²) in [6, 6.07) is 11.8. The Kier molecular flexibility index (Phi) is 5.90. The van der Waals surface area contributed by atoms with Gasteiger partial charge in [0.25, 0.3) is 5.91 Å². The number of hydrogen-bond acceptors (Lipinski definition) is 6. The van der Waals surface area contributed by atoms with Crippen LogP contribution in [-0.2, 0) is 19.1 Å². The van der Waals surface area contributed by atoms with E-state index >= 15 is 0 Å². The molecule has 0 spiro atoms. The zero-order valence-corrected chi connectivity index (χ0v) is 16.8. The molecule has 1 amide bonds. The second-order valence-corrected chi connectivity index (χ2v) is 7.57. The Morgan fingerprint density at radius 2 is 2.00 bits per heavy atom. The number of carbonyl (C=O) groups excluding carboxylic acids is 1. The number of aromatic nitrogens is 2. The molecule has 3 heterocycles. The first-order valence-corrected chi connectivity index (χ1v) is 10.1. The van der Waals surface area contributed by atoms with Crippen molar-refractivity contribution in [2.75, 3.05) is 6.54 Å². The van der Waals surface area contributed by atoms with Crippen LogP contribution in [-0.4, -0.2) is 27.5 Å². The molecule has 10 heteroatoms. The lowest BCUT2D eigenvalue weighted by Gasteiger charge is -2.20. The third-order valence-corrected chi connectivity index (χ3v) is 5.32. The second kappa shape index (κ2) is 8.76. The van der Waals surface area contributed by atoms with Gasteiger partial charge in [-0.25, -0.2) is 0 Å². The topological polar surface area (TPSA) is 72.4 Å². The average Bonchev–Trinajstić information content (AvgIpc) is 3.53. The van der Waals surface area contributed by atoms with Gasteiger partial charge in [0.05, 0.1) is 23.2 Å². The van der Waals surface area contributed by atoms with Gasteiger partial charge in [-0.2, -0.15) is 18.2 Å². The van der Waals surface area contributed by atoms with Crippen molar-refractivity contribution in [3.63, 3.8) is 0 Å². The summed E-state index contributed by atoms with van der Waals surface area (Å²) in [5.41, 5.74) is -0.588. The van der Waals surface area contributed by atoms with Crippen molar-refractivity contribution in [3.8, 4) is 11.4 Å². The minimum atomic E-state index is -4.46. The molecule has 1 aromatic carbocycles. The summed E-state index contributed by atoms with van der Waals surface area (Å²) in [6.07, 6.45) is -2.69. The highest BCUT2D eigenvalue weighted by Crippen LogP contribution is 2.31. The van der Waals surface area contributed by atoms with E-state index in [9.17, 15) is 18.0 Å². The number of furan rings is 1. The van der Waals surface area contributed by atoms with Crippen LogP contribution in [0.3, 0.4) is 0 Å². The molecule has 0 atom stereocenters. The smallest absolute Gasteiger partial charge is 0.416 e. The highest BCUT2D eigenvalue weighted by Gasteiger charge is 2.30. The molecule has 0 saturated heterocycles. The number of thiophene rings is 1. The summed E-state index contributed by atoms with van der Waals surface area (Å²) >= 11 is 1.33. The normalized spacial score (nSPS) is 11.6. The van der Waals surface area contributed by atoms with Crippen molar-refractivity contribution < 1.29 is 26.9 Å². The Morgan fingerprint density at radius 3 is 2.71 bits per heavy atom. The van der Waals surface area contributed by atoms with Crippen LogP contribution in [0.4, 0.5) is 13.2 Å². The van der Waals surface area contributed by atoms with Crippen molar-refractivity contribution in [2.24, 2.45) is 0 Å². The van der Waals surface area contributed by atoms with E-state index in [0.29, 0.717) is 10.6 Å².